The molecule has 1 rings (SSSR count). The predicted octanol–water partition coefficient (Wildman–Crippen LogP) is 2.12. The number of nitrogens with two attached hydrogens (primary N) is 1. The van der Waals surface area contributed by atoms with Crippen LogP contribution in [0.3, 0.4) is 0 Å². The van der Waals surface area contributed by atoms with Crippen LogP contribution in [0.5, 0.6) is 0 Å². The number of nitrogens with one attached hydrogen (secondary N) is 1. The first-order valence-electron chi connectivity index (χ1n) is 4.55. The SMILES string of the molecule is COCC(N)C(=O)Nc1cc(Br)ccc1Br. The monoisotopic (exact) mass is 350 g/mol. The smallest absolute Gasteiger partial charge is 0.243 e. The molecule has 0 fully saturated rings. The summed E-state index contributed by atoms with van der Waals surface area (Å²) in [5.74, 6) is -0.277. The van der Waals surface area contributed by atoms with Crippen LogP contribution < -0.4 is 11.1 Å². The molecule has 4 nitrogen and oxygen atoms in total. The van der Waals surface area contributed by atoms with Crippen molar-refractivity contribution >= 4 is 43.5 Å². The molecule has 1 amide bonds. The van der Waals surface area contributed by atoms with Crippen LogP contribution in [0.1, 0.15) is 0 Å². The van der Waals surface area contributed by atoms with Gasteiger partial charge in [-0.1, -0.05) is 15.9 Å². The van der Waals surface area contributed by atoms with E-state index in [-0.39, 0.29) is 12.5 Å². The average molecular weight is 352 g/mol. The first kappa shape index (κ1) is 13.6. The number of carbonyl (C=O) groups is 1. The molecule has 1 aromatic rings. The lowest BCUT2D eigenvalue weighted by atomic mass is 10.2. The summed E-state index contributed by atoms with van der Waals surface area (Å²) in [4.78, 5) is 11.6. The standard InChI is InChI=1S/C10H12Br2N2O2/c1-16-5-8(13)10(15)14-9-4-6(11)2-3-7(9)12/h2-4,8H,5,13H2,1H3,(H,14,15). The molecule has 0 aliphatic rings. The van der Waals surface area contributed by atoms with Crippen molar-refractivity contribution in [1.82, 2.24) is 0 Å². The molecule has 0 saturated heterocycles. The zero-order chi connectivity index (χ0) is 12.1. The maximum atomic E-state index is 11.6. The van der Waals surface area contributed by atoms with Gasteiger partial charge in [-0.15, -0.1) is 0 Å². The molecule has 0 bridgehead atoms. The number of methoxy groups -OCH3 is 1. The van der Waals surface area contributed by atoms with Crippen LogP contribution >= 0.6 is 31.9 Å². The van der Waals surface area contributed by atoms with E-state index in [4.69, 9.17) is 10.5 Å². The highest BCUT2D eigenvalue weighted by atomic mass is 79.9. The fourth-order valence-corrected chi connectivity index (χ4v) is 1.78. The highest BCUT2D eigenvalue weighted by Gasteiger charge is 2.14. The van der Waals surface area contributed by atoms with Crippen LogP contribution in [-0.2, 0) is 9.53 Å². The summed E-state index contributed by atoms with van der Waals surface area (Å²) in [5, 5.41) is 2.71. The van der Waals surface area contributed by atoms with E-state index in [0.717, 1.165) is 8.95 Å². The molecule has 0 radical (unpaired) electrons. The van der Waals surface area contributed by atoms with Crippen LogP contribution in [0.4, 0.5) is 5.69 Å². The lowest BCUT2D eigenvalue weighted by Crippen LogP contribution is -2.39. The largest absolute Gasteiger partial charge is 0.383 e. The van der Waals surface area contributed by atoms with Gasteiger partial charge in [-0.3, -0.25) is 4.79 Å². The molecule has 0 heterocycles. The molecule has 1 atom stereocenters. The second-order valence-corrected chi connectivity index (χ2v) is 4.95. The van der Waals surface area contributed by atoms with Crippen molar-refractivity contribution in [3.05, 3.63) is 27.1 Å². The summed E-state index contributed by atoms with van der Waals surface area (Å²) < 4.78 is 6.49. The predicted molar refractivity (Wildman–Crippen MR) is 70.3 cm³/mol. The third kappa shape index (κ3) is 3.86. The Bertz CT molecular complexity index is 385. The van der Waals surface area contributed by atoms with Gasteiger partial charge in [0.2, 0.25) is 5.91 Å². The molecule has 0 spiro atoms. The van der Waals surface area contributed by atoms with Crippen molar-refractivity contribution in [3.8, 4) is 0 Å². The van der Waals surface area contributed by atoms with E-state index in [1.165, 1.54) is 7.11 Å². The van der Waals surface area contributed by atoms with E-state index >= 15 is 0 Å². The van der Waals surface area contributed by atoms with Gasteiger partial charge < -0.3 is 15.8 Å². The number of ether oxygens (including phenoxy) is 1. The quantitative estimate of drug-likeness (QED) is 0.873. The van der Waals surface area contributed by atoms with E-state index in [9.17, 15) is 4.79 Å². The van der Waals surface area contributed by atoms with E-state index < -0.39 is 6.04 Å². The minimum atomic E-state index is -0.670. The Labute approximate surface area is 111 Å². The maximum absolute atomic E-state index is 11.6. The van der Waals surface area contributed by atoms with E-state index in [2.05, 4.69) is 37.2 Å². The Kier molecular flexibility index (Phi) is 5.40. The van der Waals surface area contributed by atoms with Gasteiger partial charge >= 0.3 is 0 Å². The molecule has 6 heteroatoms. The average Bonchev–Trinajstić information content (AvgIpc) is 2.23. The van der Waals surface area contributed by atoms with Crippen molar-refractivity contribution in [2.24, 2.45) is 5.73 Å². The fraction of sp³-hybridized carbons (Fsp3) is 0.300. The second kappa shape index (κ2) is 6.34. The van der Waals surface area contributed by atoms with Crippen LogP contribution in [0.15, 0.2) is 27.1 Å². The van der Waals surface area contributed by atoms with Gasteiger partial charge in [0.15, 0.2) is 0 Å². The second-order valence-electron chi connectivity index (χ2n) is 3.18. The van der Waals surface area contributed by atoms with Gasteiger partial charge in [0.25, 0.3) is 0 Å². The zero-order valence-corrected chi connectivity index (χ0v) is 11.8. The molecule has 1 unspecified atom stereocenters. The third-order valence-corrected chi connectivity index (χ3v) is 3.05. The normalized spacial score (nSPS) is 12.2. The molecule has 3 N–H and O–H groups in total. The minimum Gasteiger partial charge on any atom is -0.383 e. The van der Waals surface area contributed by atoms with Crippen molar-refractivity contribution < 1.29 is 9.53 Å². The third-order valence-electron chi connectivity index (χ3n) is 1.87. The topological polar surface area (TPSA) is 64.3 Å². The van der Waals surface area contributed by atoms with Gasteiger partial charge in [-0.2, -0.15) is 0 Å². The molecule has 0 saturated carbocycles. The molecule has 16 heavy (non-hydrogen) atoms. The molecule has 0 aliphatic carbocycles. The highest BCUT2D eigenvalue weighted by molar-refractivity contribution is 9.11. The zero-order valence-electron chi connectivity index (χ0n) is 8.67. The van der Waals surface area contributed by atoms with Crippen molar-refractivity contribution in [1.29, 1.82) is 0 Å². The highest BCUT2D eigenvalue weighted by Crippen LogP contribution is 2.26. The number of amides is 1. The Morgan fingerprint density at radius 1 is 1.56 bits per heavy atom. The molecule has 0 aromatic heterocycles. The summed E-state index contributed by atoms with van der Waals surface area (Å²) >= 11 is 6.67. The number of carbonyl (C=O) groups excluding carboxylic acids is 1. The molecule has 1 aromatic carbocycles. The van der Waals surface area contributed by atoms with E-state index in [0.29, 0.717) is 5.69 Å². The lowest BCUT2D eigenvalue weighted by Gasteiger charge is -2.12. The lowest BCUT2D eigenvalue weighted by molar-refractivity contribution is -0.118. The number of anilines is 1. The summed E-state index contributed by atoms with van der Waals surface area (Å²) in [6.07, 6.45) is 0. The van der Waals surface area contributed by atoms with Crippen LogP contribution in [-0.4, -0.2) is 25.7 Å². The van der Waals surface area contributed by atoms with Crippen LogP contribution in [0.25, 0.3) is 0 Å². The number of hydrogen-bond acceptors (Lipinski definition) is 3. The van der Waals surface area contributed by atoms with Gasteiger partial charge in [-0.25, -0.2) is 0 Å². The number of rotatable bonds is 4. The van der Waals surface area contributed by atoms with Crippen LogP contribution in [0, 0.1) is 0 Å². The first-order valence-corrected chi connectivity index (χ1v) is 6.13. The Balaban J connectivity index is 2.72. The summed E-state index contributed by atoms with van der Waals surface area (Å²) in [6.45, 7) is 0.192. The van der Waals surface area contributed by atoms with Crippen molar-refractivity contribution in [2.45, 2.75) is 6.04 Å². The van der Waals surface area contributed by atoms with Gasteiger partial charge in [0, 0.05) is 16.1 Å². The van der Waals surface area contributed by atoms with Crippen molar-refractivity contribution in [3.63, 3.8) is 0 Å². The summed E-state index contributed by atoms with van der Waals surface area (Å²) in [6, 6.07) is 4.83. The van der Waals surface area contributed by atoms with E-state index in [1.54, 1.807) is 6.07 Å². The fourth-order valence-electron chi connectivity index (χ4n) is 1.07. The molecular weight excluding hydrogens is 340 g/mol. The Morgan fingerprint density at radius 3 is 2.88 bits per heavy atom. The van der Waals surface area contributed by atoms with Gasteiger partial charge in [-0.05, 0) is 34.1 Å². The van der Waals surface area contributed by atoms with Crippen LogP contribution in [0.2, 0.25) is 0 Å². The summed E-state index contributed by atoms with van der Waals surface area (Å²) in [7, 11) is 1.50. The number of benzene rings is 1. The Morgan fingerprint density at radius 2 is 2.25 bits per heavy atom. The summed E-state index contributed by atoms with van der Waals surface area (Å²) in [5.41, 5.74) is 6.27. The molecule has 0 aliphatic heterocycles. The number of halogens is 2. The van der Waals surface area contributed by atoms with Crippen molar-refractivity contribution in [2.75, 3.05) is 19.0 Å². The minimum absolute atomic E-state index is 0.192. The van der Waals surface area contributed by atoms with Gasteiger partial charge in [0.1, 0.15) is 6.04 Å². The Hall–Kier alpha value is -0.430. The van der Waals surface area contributed by atoms with E-state index in [1.807, 2.05) is 12.1 Å². The first-order chi connectivity index (χ1) is 7.54. The maximum Gasteiger partial charge on any atom is 0.243 e. The molecule has 88 valence electrons. The molecular formula is C10H12Br2N2O2. The number of hydrogen-bond donors (Lipinski definition) is 2. The van der Waals surface area contributed by atoms with Gasteiger partial charge in [0.05, 0.1) is 12.3 Å².